The summed E-state index contributed by atoms with van der Waals surface area (Å²) in [6.45, 7) is -0.160. The van der Waals surface area contributed by atoms with Crippen molar-refractivity contribution in [3.05, 3.63) is 30.6 Å². The Labute approximate surface area is 111 Å². The van der Waals surface area contributed by atoms with Crippen LogP contribution in [0.5, 0.6) is 0 Å². The summed E-state index contributed by atoms with van der Waals surface area (Å²) in [4.78, 5) is 4.00. The van der Waals surface area contributed by atoms with E-state index in [0.717, 1.165) is 6.26 Å². The molecule has 1 N–H and O–H groups in total. The molecule has 0 aliphatic carbocycles. The van der Waals surface area contributed by atoms with Gasteiger partial charge >= 0.3 is 0 Å². The molecule has 2 rings (SSSR count). The molecule has 2 heterocycles. The molecule has 0 fully saturated rings. The van der Waals surface area contributed by atoms with Crippen LogP contribution in [0.4, 0.5) is 0 Å². The highest BCUT2D eigenvalue weighted by Crippen LogP contribution is 2.13. The van der Waals surface area contributed by atoms with Crippen molar-refractivity contribution in [1.29, 1.82) is 0 Å². The molecule has 0 unspecified atom stereocenters. The molecule has 0 spiro atoms. The van der Waals surface area contributed by atoms with Crippen LogP contribution >= 0.6 is 0 Å². The van der Waals surface area contributed by atoms with E-state index in [4.69, 9.17) is 0 Å². The van der Waals surface area contributed by atoms with Gasteiger partial charge in [0.2, 0.25) is 10.0 Å². The lowest BCUT2D eigenvalue weighted by molar-refractivity contribution is 0.583. The number of fused-ring (bicyclic) bond motifs is 1. The number of pyridine rings is 1. The lowest BCUT2D eigenvalue weighted by atomic mass is 10.5. The fraction of sp³-hybridized carbons (Fsp3) is 0.300. The third-order valence-electron chi connectivity index (χ3n) is 2.44. The summed E-state index contributed by atoms with van der Waals surface area (Å²) in [6, 6.07) is 4.75. The van der Waals surface area contributed by atoms with Crippen molar-refractivity contribution >= 4 is 25.5 Å². The van der Waals surface area contributed by atoms with Gasteiger partial charge in [0.15, 0.2) is 9.84 Å². The molecule has 2 aromatic heterocycles. The van der Waals surface area contributed by atoms with Crippen LogP contribution in [-0.4, -0.2) is 44.8 Å². The van der Waals surface area contributed by atoms with Gasteiger partial charge in [-0.2, -0.15) is 0 Å². The van der Waals surface area contributed by atoms with E-state index in [2.05, 4.69) is 9.71 Å². The number of rotatable bonds is 5. The molecule has 19 heavy (non-hydrogen) atoms. The average Bonchev–Trinajstić information content (AvgIpc) is 2.73. The fourth-order valence-electron chi connectivity index (χ4n) is 1.64. The smallest absolute Gasteiger partial charge is 0.208 e. The number of sulfone groups is 1. The first-order chi connectivity index (χ1) is 8.80. The molecular weight excluding hydrogens is 290 g/mol. The summed E-state index contributed by atoms with van der Waals surface area (Å²) in [5.41, 5.74) is 0.525. The zero-order valence-electron chi connectivity index (χ0n) is 10.1. The molecule has 0 saturated heterocycles. The van der Waals surface area contributed by atoms with Crippen LogP contribution in [0, 0.1) is 0 Å². The minimum Gasteiger partial charge on any atom is -0.290 e. The van der Waals surface area contributed by atoms with Gasteiger partial charge in [-0.25, -0.2) is 26.5 Å². The highest BCUT2D eigenvalue weighted by atomic mass is 32.2. The molecule has 0 amide bonds. The van der Waals surface area contributed by atoms with Crippen molar-refractivity contribution < 1.29 is 16.8 Å². The van der Waals surface area contributed by atoms with E-state index in [1.165, 1.54) is 16.7 Å². The summed E-state index contributed by atoms with van der Waals surface area (Å²) >= 11 is 0. The fourth-order valence-corrected chi connectivity index (χ4v) is 3.56. The summed E-state index contributed by atoms with van der Waals surface area (Å²) in [6.07, 6.45) is 4.03. The number of hydrogen-bond acceptors (Lipinski definition) is 5. The molecule has 0 saturated carbocycles. The molecule has 0 aliphatic rings. The lowest BCUT2D eigenvalue weighted by Gasteiger charge is -2.07. The minimum absolute atomic E-state index is 0.0952. The Balaban J connectivity index is 2.27. The largest absolute Gasteiger partial charge is 0.290 e. The molecule has 0 bridgehead atoms. The highest BCUT2D eigenvalue weighted by Gasteiger charge is 2.18. The Morgan fingerprint density at radius 1 is 1.26 bits per heavy atom. The molecule has 104 valence electrons. The first-order valence-corrected chi connectivity index (χ1v) is 8.93. The number of nitrogens with one attached hydrogen (secondary N) is 1. The summed E-state index contributed by atoms with van der Waals surface area (Å²) < 4.78 is 49.7. The Bertz CT molecular complexity index is 793. The van der Waals surface area contributed by atoms with Crippen molar-refractivity contribution in [3.8, 4) is 0 Å². The number of nitrogens with zero attached hydrogens (tertiary/aromatic N) is 2. The van der Waals surface area contributed by atoms with Gasteiger partial charge in [-0.05, 0) is 12.1 Å². The Hall–Kier alpha value is -1.45. The van der Waals surface area contributed by atoms with Gasteiger partial charge < -0.3 is 0 Å². The van der Waals surface area contributed by atoms with Crippen LogP contribution in [0.25, 0.3) is 5.65 Å². The second kappa shape index (κ2) is 4.91. The predicted octanol–water partition coefficient (Wildman–Crippen LogP) is -0.343. The van der Waals surface area contributed by atoms with Crippen molar-refractivity contribution in [1.82, 2.24) is 14.1 Å². The van der Waals surface area contributed by atoms with Gasteiger partial charge in [-0.1, -0.05) is 6.07 Å². The van der Waals surface area contributed by atoms with E-state index in [0.29, 0.717) is 5.65 Å². The number of aromatic nitrogens is 2. The molecule has 0 aromatic carbocycles. The van der Waals surface area contributed by atoms with Gasteiger partial charge in [-0.15, -0.1) is 0 Å². The monoisotopic (exact) mass is 303 g/mol. The van der Waals surface area contributed by atoms with E-state index in [1.54, 1.807) is 18.3 Å². The maximum Gasteiger partial charge on any atom is 0.208 e. The van der Waals surface area contributed by atoms with Crippen LogP contribution in [0.15, 0.2) is 35.6 Å². The van der Waals surface area contributed by atoms with Gasteiger partial charge in [-0.3, -0.25) is 4.40 Å². The highest BCUT2D eigenvalue weighted by molar-refractivity contribution is 7.91. The molecule has 9 heteroatoms. The molecule has 2 aromatic rings. The summed E-state index contributed by atoms with van der Waals surface area (Å²) in [7, 11) is -6.98. The third kappa shape index (κ3) is 3.31. The summed E-state index contributed by atoms with van der Waals surface area (Å²) in [5.74, 6) is -0.308. The zero-order valence-corrected chi connectivity index (χ0v) is 11.8. The SMILES string of the molecule is CS(=O)(=O)NCCS(=O)(=O)c1cccc2nccn12. The van der Waals surface area contributed by atoms with Gasteiger partial charge in [0, 0.05) is 18.9 Å². The molecule has 7 nitrogen and oxygen atoms in total. The van der Waals surface area contributed by atoms with Crippen LogP contribution in [-0.2, 0) is 19.9 Å². The van der Waals surface area contributed by atoms with Crippen LogP contribution in [0.2, 0.25) is 0 Å². The molecular formula is C10H13N3O4S2. The Kier molecular flexibility index (Phi) is 3.61. The lowest BCUT2D eigenvalue weighted by Crippen LogP contribution is -2.28. The van der Waals surface area contributed by atoms with Crippen molar-refractivity contribution in [2.24, 2.45) is 0 Å². The number of sulfonamides is 1. The maximum atomic E-state index is 12.1. The Morgan fingerprint density at radius 3 is 2.68 bits per heavy atom. The van der Waals surface area contributed by atoms with E-state index in [9.17, 15) is 16.8 Å². The maximum absolute atomic E-state index is 12.1. The van der Waals surface area contributed by atoms with Gasteiger partial charge in [0.1, 0.15) is 10.7 Å². The van der Waals surface area contributed by atoms with Crippen LogP contribution < -0.4 is 4.72 Å². The molecule has 0 atom stereocenters. The first-order valence-electron chi connectivity index (χ1n) is 5.39. The average molecular weight is 303 g/mol. The van der Waals surface area contributed by atoms with Crippen LogP contribution in [0.1, 0.15) is 0 Å². The van der Waals surface area contributed by atoms with Crippen molar-refractivity contribution in [2.75, 3.05) is 18.6 Å². The van der Waals surface area contributed by atoms with Crippen LogP contribution in [0.3, 0.4) is 0 Å². The van der Waals surface area contributed by atoms with E-state index < -0.39 is 19.9 Å². The normalized spacial score (nSPS) is 12.9. The van der Waals surface area contributed by atoms with Crippen molar-refractivity contribution in [2.45, 2.75) is 5.03 Å². The Morgan fingerprint density at radius 2 is 2.00 bits per heavy atom. The van der Waals surface area contributed by atoms with E-state index in [-0.39, 0.29) is 17.3 Å². The second-order valence-electron chi connectivity index (χ2n) is 4.00. The second-order valence-corrected chi connectivity index (χ2v) is 7.89. The van der Waals surface area contributed by atoms with Crippen molar-refractivity contribution in [3.63, 3.8) is 0 Å². The molecule has 0 radical (unpaired) electrons. The van der Waals surface area contributed by atoms with E-state index in [1.807, 2.05) is 0 Å². The van der Waals surface area contributed by atoms with Gasteiger partial charge in [0.25, 0.3) is 0 Å². The topological polar surface area (TPSA) is 97.6 Å². The number of imidazole rings is 1. The quantitative estimate of drug-likeness (QED) is 0.814. The zero-order chi connectivity index (χ0) is 14.1. The van der Waals surface area contributed by atoms with Gasteiger partial charge in [0.05, 0.1) is 12.0 Å². The predicted molar refractivity (Wildman–Crippen MR) is 70.1 cm³/mol. The minimum atomic E-state index is -3.58. The first kappa shape index (κ1) is 14.0. The van der Waals surface area contributed by atoms with E-state index >= 15 is 0 Å². The summed E-state index contributed by atoms with van der Waals surface area (Å²) in [5, 5.41) is 0.0952. The standard InChI is InChI=1S/C10H13N3O4S2/c1-18(14,15)12-6-8-19(16,17)10-4-2-3-9-11-5-7-13(9)10/h2-5,7,12H,6,8H2,1H3. The third-order valence-corrected chi connectivity index (χ3v) is 4.88. The molecule has 0 aliphatic heterocycles. The number of hydrogen-bond donors (Lipinski definition) is 1.